The van der Waals surface area contributed by atoms with Crippen LogP contribution in [0.1, 0.15) is 38.2 Å². The summed E-state index contributed by atoms with van der Waals surface area (Å²) in [5.41, 5.74) is 0.658. The average Bonchev–Trinajstić information content (AvgIpc) is 3.02. The molecule has 1 saturated heterocycles. The van der Waals surface area contributed by atoms with E-state index in [1.165, 1.54) is 12.1 Å². The number of hydrogen-bond donors (Lipinski definition) is 1. The van der Waals surface area contributed by atoms with Gasteiger partial charge in [0.05, 0.1) is 0 Å². The number of halogens is 2. The fourth-order valence-electron chi connectivity index (χ4n) is 2.83. The van der Waals surface area contributed by atoms with Crippen molar-refractivity contribution in [3.63, 3.8) is 0 Å². The highest BCUT2D eigenvalue weighted by Gasteiger charge is 2.33. The molecule has 1 aromatic carbocycles. The molecule has 0 bridgehead atoms. The Bertz CT molecular complexity index is 581. The number of ether oxygens (including phenoxy) is 1. The van der Waals surface area contributed by atoms with Gasteiger partial charge >= 0.3 is 6.61 Å². The SMILES string of the molecule is CCCC(=O)N1CCC[C@H]1C(=O)NCc1cccc(OC(F)F)c1. The minimum Gasteiger partial charge on any atom is -0.435 e. The van der Waals surface area contributed by atoms with E-state index in [0.29, 0.717) is 24.9 Å². The van der Waals surface area contributed by atoms with Crippen LogP contribution < -0.4 is 10.1 Å². The Morgan fingerprint density at radius 1 is 1.42 bits per heavy atom. The standard InChI is InChI=1S/C17H22F2N2O3/c1-2-5-15(22)21-9-4-8-14(21)16(23)20-11-12-6-3-7-13(10-12)24-17(18)19/h3,6-7,10,14,17H,2,4-5,8-9,11H2,1H3,(H,20,23)/t14-/m0/s1. The van der Waals surface area contributed by atoms with Gasteiger partial charge < -0.3 is 15.0 Å². The van der Waals surface area contributed by atoms with Crippen LogP contribution in [0, 0.1) is 0 Å². The van der Waals surface area contributed by atoms with Gasteiger partial charge in [0.1, 0.15) is 11.8 Å². The number of nitrogens with one attached hydrogen (secondary N) is 1. The molecule has 24 heavy (non-hydrogen) atoms. The Morgan fingerprint density at radius 3 is 2.92 bits per heavy atom. The Balaban J connectivity index is 1.91. The highest BCUT2D eigenvalue weighted by atomic mass is 19.3. The van der Waals surface area contributed by atoms with Crippen LogP contribution >= 0.6 is 0 Å². The maximum atomic E-state index is 12.3. The quantitative estimate of drug-likeness (QED) is 0.830. The smallest absolute Gasteiger partial charge is 0.387 e. The van der Waals surface area contributed by atoms with Crippen LogP contribution in [0.2, 0.25) is 0 Å². The van der Waals surface area contributed by atoms with Gasteiger partial charge in [-0.15, -0.1) is 0 Å². The zero-order valence-corrected chi connectivity index (χ0v) is 13.6. The Labute approximate surface area is 140 Å². The molecule has 1 fully saturated rings. The summed E-state index contributed by atoms with van der Waals surface area (Å²) in [5.74, 6) is -0.156. The molecule has 2 amide bonds. The maximum Gasteiger partial charge on any atom is 0.387 e. The van der Waals surface area contributed by atoms with E-state index < -0.39 is 12.7 Å². The van der Waals surface area contributed by atoms with Crippen molar-refractivity contribution >= 4 is 11.8 Å². The predicted molar refractivity (Wildman–Crippen MR) is 84.6 cm³/mol. The van der Waals surface area contributed by atoms with Crippen LogP contribution in [0.25, 0.3) is 0 Å². The summed E-state index contributed by atoms with van der Waals surface area (Å²) in [4.78, 5) is 26.0. The van der Waals surface area contributed by atoms with Crippen LogP contribution in [-0.4, -0.2) is 35.9 Å². The van der Waals surface area contributed by atoms with Crippen LogP contribution in [0.5, 0.6) is 5.75 Å². The van der Waals surface area contributed by atoms with E-state index in [4.69, 9.17) is 0 Å². The molecule has 1 atom stereocenters. The highest BCUT2D eigenvalue weighted by molar-refractivity contribution is 5.88. The molecule has 0 aliphatic carbocycles. The Kier molecular flexibility index (Phi) is 6.52. The van der Waals surface area contributed by atoms with Gasteiger partial charge in [-0.05, 0) is 37.0 Å². The summed E-state index contributed by atoms with van der Waals surface area (Å²) >= 11 is 0. The largest absolute Gasteiger partial charge is 0.435 e. The molecule has 1 aliphatic heterocycles. The van der Waals surface area contributed by atoms with Crippen molar-refractivity contribution in [1.82, 2.24) is 10.2 Å². The summed E-state index contributed by atoms with van der Waals surface area (Å²) < 4.78 is 28.8. The molecular weight excluding hydrogens is 318 g/mol. The number of rotatable bonds is 7. The molecular formula is C17H22F2N2O3. The molecule has 1 aliphatic rings. The second-order valence-corrected chi connectivity index (χ2v) is 5.74. The lowest BCUT2D eigenvalue weighted by Crippen LogP contribution is -2.45. The fourth-order valence-corrected chi connectivity index (χ4v) is 2.83. The molecule has 0 saturated carbocycles. The Morgan fingerprint density at radius 2 is 2.21 bits per heavy atom. The molecule has 0 spiro atoms. The number of benzene rings is 1. The van der Waals surface area contributed by atoms with E-state index in [9.17, 15) is 18.4 Å². The molecule has 0 unspecified atom stereocenters. The van der Waals surface area contributed by atoms with E-state index in [0.717, 1.165) is 12.8 Å². The summed E-state index contributed by atoms with van der Waals surface area (Å²) in [7, 11) is 0. The summed E-state index contributed by atoms with van der Waals surface area (Å²) in [5, 5.41) is 2.77. The molecule has 1 N–H and O–H groups in total. The van der Waals surface area contributed by atoms with Crippen LogP contribution in [0.15, 0.2) is 24.3 Å². The third-order valence-corrected chi connectivity index (χ3v) is 3.93. The Hall–Kier alpha value is -2.18. The van der Waals surface area contributed by atoms with Gasteiger partial charge in [0.25, 0.3) is 0 Å². The van der Waals surface area contributed by atoms with E-state index in [2.05, 4.69) is 10.1 Å². The van der Waals surface area contributed by atoms with E-state index in [1.807, 2.05) is 6.92 Å². The third kappa shape index (κ3) is 4.91. The van der Waals surface area contributed by atoms with Crippen molar-refractivity contribution < 1.29 is 23.1 Å². The van der Waals surface area contributed by atoms with Crippen LogP contribution in [0.4, 0.5) is 8.78 Å². The number of carbonyl (C=O) groups excluding carboxylic acids is 2. The molecule has 2 rings (SSSR count). The zero-order chi connectivity index (χ0) is 17.5. The normalized spacial score (nSPS) is 17.2. The summed E-state index contributed by atoms with van der Waals surface area (Å²) in [6, 6.07) is 5.75. The minimum atomic E-state index is -2.88. The number of carbonyl (C=O) groups is 2. The summed E-state index contributed by atoms with van der Waals surface area (Å²) in [6.45, 7) is -0.149. The second-order valence-electron chi connectivity index (χ2n) is 5.74. The maximum absolute atomic E-state index is 12.3. The average molecular weight is 340 g/mol. The number of amides is 2. The topological polar surface area (TPSA) is 58.6 Å². The van der Waals surface area contributed by atoms with E-state index >= 15 is 0 Å². The van der Waals surface area contributed by atoms with Crippen LogP contribution in [0.3, 0.4) is 0 Å². The van der Waals surface area contributed by atoms with Crippen molar-refractivity contribution in [2.75, 3.05) is 6.54 Å². The number of nitrogens with zero attached hydrogens (tertiary/aromatic N) is 1. The summed E-state index contributed by atoms with van der Waals surface area (Å²) in [6.07, 6.45) is 2.65. The zero-order valence-electron chi connectivity index (χ0n) is 13.6. The van der Waals surface area contributed by atoms with Gasteiger partial charge in [0, 0.05) is 19.5 Å². The van der Waals surface area contributed by atoms with Gasteiger partial charge in [0.2, 0.25) is 11.8 Å². The fraction of sp³-hybridized carbons (Fsp3) is 0.529. The first-order valence-electron chi connectivity index (χ1n) is 8.12. The first-order valence-corrected chi connectivity index (χ1v) is 8.12. The third-order valence-electron chi connectivity index (χ3n) is 3.93. The van der Waals surface area contributed by atoms with Gasteiger partial charge in [-0.2, -0.15) is 8.78 Å². The molecule has 7 heteroatoms. The van der Waals surface area contributed by atoms with Gasteiger partial charge in [-0.25, -0.2) is 0 Å². The van der Waals surface area contributed by atoms with E-state index in [-0.39, 0.29) is 24.1 Å². The molecule has 1 heterocycles. The molecule has 5 nitrogen and oxygen atoms in total. The molecule has 0 radical (unpaired) electrons. The van der Waals surface area contributed by atoms with Crippen LogP contribution in [-0.2, 0) is 16.1 Å². The predicted octanol–water partition coefficient (Wildman–Crippen LogP) is 2.70. The van der Waals surface area contributed by atoms with Crippen molar-refractivity contribution in [3.05, 3.63) is 29.8 Å². The molecule has 132 valence electrons. The number of likely N-dealkylation sites (tertiary alicyclic amines) is 1. The van der Waals surface area contributed by atoms with E-state index in [1.54, 1.807) is 17.0 Å². The van der Waals surface area contributed by atoms with Crippen molar-refractivity contribution in [2.24, 2.45) is 0 Å². The number of alkyl halides is 2. The lowest BCUT2D eigenvalue weighted by molar-refractivity contribution is -0.138. The van der Waals surface area contributed by atoms with Crippen molar-refractivity contribution in [3.8, 4) is 5.75 Å². The lowest BCUT2D eigenvalue weighted by atomic mass is 10.1. The number of hydrogen-bond acceptors (Lipinski definition) is 3. The van der Waals surface area contributed by atoms with Crippen molar-refractivity contribution in [1.29, 1.82) is 0 Å². The first-order chi connectivity index (χ1) is 11.5. The molecule has 0 aromatic heterocycles. The monoisotopic (exact) mass is 340 g/mol. The lowest BCUT2D eigenvalue weighted by Gasteiger charge is -2.24. The van der Waals surface area contributed by atoms with Gasteiger partial charge in [0.15, 0.2) is 0 Å². The molecule has 1 aromatic rings. The second kappa shape index (κ2) is 8.61. The highest BCUT2D eigenvalue weighted by Crippen LogP contribution is 2.20. The first kappa shape index (κ1) is 18.2. The minimum absolute atomic E-state index is 0.00230. The van der Waals surface area contributed by atoms with Crippen molar-refractivity contribution in [2.45, 2.75) is 51.8 Å². The van der Waals surface area contributed by atoms with Gasteiger partial charge in [-0.1, -0.05) is 19.1 Å². The van der Waals surface area contributed by atoms with Gasteiger partial charge in [-0.3, -0.25) is 9.59 Å².